The maximum absolute atomic E-state index is 14.5. The number of hydrogen-bond acceptors (Lipinski definition) is 1. The van der Waals surface area contributed by atoms with Gasteiger partial charge in [-0.3, -0.25) is 0 Å². The Bertz CT molecular complexity index is 541. The number of rotatable bonds is 5. The largest absolute Gasteiger partial charge is 0.491 e. The SMILES string of the molecule is CCCC1CCC2CC(c3ccc(OCC)c(F)c3F)CC2CC1. The molecule has 3 heteroatoms. The molecule has 24 heavy (non-hydrogen) atoms. The molecule has 0 heterocycles. The summed E-state index contributed by atoms with van der Waals surface area (Å²) >= 11 is 0. The molecule has 0 spiro atoms. The van der Waals surface area contributed by atoms with Gasteiger partial charge in [-0.1, -0.05) is 38.7 Å². The molecule has 0 N–H and O–H groups in total. The topological polar surface area (TPSA) is 9.23 Å². The van der Waals surface area contributed by atoms with Gasteiger partial charge in [0.15, 0.2) is 11.6 Å². The summed E-state index contributed by atoms with van der Waals surface area (Å²) < 4.78 is 33.8. The van der Waals surface area contributed by atoms with Gasteiger partial charge in [0.2, 0.25) is 5.82 Å². The Hall–Kier alpha value is -1.12. The molecule has 2 unspecified atom stereocenters. The second-order valence-electron chi connectivity index (χ2n) is 7.71. The Morgan fingerprint density at radius 3 is 2.21 bits per heavy atom. The summed E-state index contributed by atoms with van der Waals surface area (Å²) in [5.74, 6) is 0.993. The van der Waals surface area contributed by atoms with E-state index >= 15 is 0 Å². The van der Waals surface area contributed by atoms with E-state index in [4.69, 9.17) is 4.74 Å². The molecule has 134 valence electrons. The number of ether oxygens (including phenoxy) is 1. The maximum atomic E-state index is 14.5. The van der Waals surface area contributed by atoms with Gasteiger partial charge in [-0.25, -0.2) is 4.39 Å². The van der Waals surface area contributed by atoms with E-state index in [0.29, 0.717) is 24.0 Å². The van der Waals surface area contributed by atoms with Crippen LogP contribution in [0.25, 0.3) is 0 Å². The van der Waals surface area contributed by atoms with E-state index in [1.165, 1.54) is 38.5 Å². The van der Waals surface area contributed by atoms with Crippen LogP contribution >= 0.6 is 0 Å². The van der Waals surface area contributed by atoms with Gasteiger partial charge in [-0.15, -0.1) is 0 Å². The van der Waals surface area contributed by atoms with Crippen molar-refractivity contribution >= 4 is 0 Å². The van der Waals surface area contributed by atoms with Crippen molar-refractivity contribution in [3.63, 3.8) is 0 Å². The van der Waals surface area contributed by atoms with E-state index < -0.39 is 11.6 Å². The monoisotopic (exact) mass is 336 g/mol. The zero-order chi connectivity index (χ0) is 17.1. The predicted octanol–water partition coefficient (Wildman–Crippen LogP) is 6.46. The van der Waals surface area contributed by atoms with Crippen molar-refractivity contribution in [1.29, 1.82) is 0 Å². The minimum Gasteiger partial charge on any atom is -0.491 e. The zero-order valence-electron chi connectivity index (χ0n) is 15.0. The molecule has 1 aromatic rings. The van der Waals surface area contributed by atoms with Crippen LogP contribution < -0.4 is 4.74 Å². The van der Waals surface area contributed by atoms with Crippen LogP contribution in [0.5, 0.6) is 5.75 Å². The lowest BCUT2D eigenvalue weighted by Crippen LogP contribution is -2.05. The lowest BCUT2D eigenvalue weighted by atomic mass is 9.90. The van der Waals surface area contributed by atoms with Crippen LogP contribution in [0.4, 0.5) is 8.78 Å². The molecule has 1 nitrogen and oxygen atoms in total. The van der Waals surface area contributed by atoms with Gasteiger partial charge in [-0.05, 0) is 67.9 Å². The van der Waals surface area contributed by atoms with Crippen molar-refractivity contribution in [2.24, 2.45) is 17.8 Å². The standard InChI is InChI=1S/C21H30F2O/c1-3-5-14-6-8-15-12-17(13-16(15)9-7-14)18-10-11-19(24-4-2)21(23)20(18)22/h10-11,14-17H,3-9,12-13H2,1-2H3. The Morgan fingerprint density at radius 1 is 0.958 bits per heavy atom. The zero-order valence-corrected chi connectivity index (χ0v) is 15.0. The second-order valence-corrected chi connectivity index (χ2v) is 7.71. The highest BCUT2D eigenvalue weighted by molar-refractivity contribution is 5.33. The number of hydrogen-bond donors (Lipinski definition) is 0. The van der Waals surface area contributed by atoms with Gasteiger partial charge >= 0.3 is 0 Å². The minimum absolute atomic E-state index is 0.0355. The number of benzene rings is 1. The van der Waals surface area contributed by atoms with Gasteiger partial charge in [0.05, 0.1) is 6.61 Å². The Kier molecular flexibility index (Phi) is 5.78. The summed E-state index contributed by atoms with van der Waals surface area (Å²) in [4.78, 5) is 0. The van der Waals surface area contributed by atoms with Gasteiger partial charge < -0.3 is 4.74 Å². The van der Waals surface area contributed by atoms with E-state index in [1.54, 1.807) is 19.1 Å². The van der Waals surface area contributed by atoms with Crippen molar-refractivity contribution in [3.8, 4) is 5.75 Å². The molecule has 2 saturated carbocycles. The first-order valence-electron chi connectivity index (χ1n) is 9.74. The molecule has 0 amide bonds. The van der Waals surface area contributed by atoms with E-state index in [1.807, 2.05) is 0 Å². The average Bonchev–Trinajstić information content (AvgIpc) is 2.89. The Morgan fingerprint density at radius 2 is 1.62 bits per heavy atom. The highest BCUT2D eigenvalue weighted by Crippen LogP contribution is 2.50. The summed E-state index contributed by atoms with van der Waals surface area (Å²) in [6.45, 7) is 4.40. The third-order valence-corrected chi connectivity index (χ3v) is 6.25. The highest BCUT2D eigenvalue weighted by Gasteiger charge is 2.38. The van der Waals surface area contributed by atoms with Gasteiger partial charge in [0.25, 0.3) is 0 Å². The Balaban J connectivity index is 1.70. The van der Waals surface area contributed by atoms with Crippen LogP contribution in [0.15, 0.2) is 12.1 Å². The van der Waals surface area contributed by atoms with Crippen molar-refractivity contribution < 1.29 is 13.5 Å². The van der Waals surface area contributed by atoms with E-state index in [0.717, 1.165) is 18.8 Å². The molecular weight excluding hydrogens is 306 g/mol. The fraction of sp³-hybridized carbons (Fsp3) is 0.714. The molecule has 2 aliphatic rings. The molecule has 0 aliphatic heterocycles. The fourth-order valence-corrected chi connectivity index (χ4v) is 5.04. The van der Waals surface area contributed by atoms with Crippen molar-refractivity contribution in [2.45, 2.75) is 71.1 Å². The molecule has 0 aromatic heterocycles. The van der Waals surface area contributed by atoms with Crippen LogP contribution in [-0.2, 0) is 0 Å². The molecule has 2 atom stereocenters. The molecule has 2 aliphatic carbocycles. The van der Waals surface area contributed by atoms with Crippen LogP contribution in [0.3, 0.4) is 0 Å². The van der Waals surface area contributed by atoms with Crippen LogP contribution in [0.2, 0.25) is 0 Å². The average molecular weight is 336 g/mol. The number of halogens is 2. The smallest absolute Gasteiger partial charge is 0.200 e. The van der Waals surface area contributed by atoms with E-state index in [-0.39, 0.29) is 11.7 Å². The third kappa shape index (κ3) is 3.60. The number of fused-ring (bicyclic) bond motifs is 1. The maximum Gasteiger partial charge on any atom is 0.200 e. The molecular formula is C21H30F2O. The molecule has 0 bridgehead atoms. The summed E-state index contributed by atoms with van der Waals surface area (Å²) in [5.41, 5.74) is 0.564. The molecule has 1 aromatic carbocycles. The second kappa shape index (κ2) is 7.84. The first-order chi connectivity index (χ1) is 11.6. The van der Waals surface area contributed by atoms with Crippen LogP contribution in [0.1, 0.15) is 76.7 Å². The normalized spacial score (nSPS) is 30.0. The van der Waals surface area contributed by atoms with Gasteiger partial charge in [0.1, 0.15) is 0 Å². The van der Waals surface area contributed by atoms with Crippen LogP contribution in [0, 0.1) is 29.4 Å². The third-order valence-electron chi connectivity index (χ3n) is 6.25. The molecule has 0 radical (unpaired) electrons. The van der Waals surface area contributed by atoms with Gasteiger partial charge in [-0.2, -0.15) is 4.39 Å². The minimum atomic E-state index is -0.815. The fourth-order valence-electron chi connectivity index (χ4n) is 5.04. The van der Waals surface area contributed by atoms with E-state index in [2.05, 4.69) is 6.92 Å². The summed E-state index contributed by atoms with van der Waals surface area (Å²) in [6, 6.07) is 3.35. The quantitative estimate of drug-likeness (QED) is 0.599. The van der Waals surface area contributed by atoms with Crippen molar-refractivity contribution in [1.82, 2.24) is 0 Å². The Labute approximate surface area is 144 Å². The molecule has 0 saturated heterocycles. The van der Waals surface area contributed by atoms with E-state index in [9.17, 15) is 8.78 Å². The lowest BCUT2D eigenvalue weighted by molar-refractivity contribution is 0.312. The molecule has 2 fully saturated rings. The summed E-state index contributed by atoms with van der Waals surface area (Å²) in [5, 5.41) is 0. The van der Waals surface area contributed by atoms with Crippen LogP contribution in [-0.4, -0.2) is 6.61 Å². The highest BCUT2D eigenvalue weighted by atomic mass is 19.2. The predicted molar refractivity (Wildman–Crippen MR) is 93.3 cm³/mol. The van der Waals surface area contributed by atoms with Gasteiger partial charge in [0, 0.05) is 0 Å². The summed E-state index contributed by atoms with van der Waals surface area (Å²) in [7, 11) is 0. The van der Waals surface area contributed by atoms with Crippen molar-refractivity contribution in [3.05, 3.63) is 29.3 Å². The first kappa shape index (κ1) is 17.7. The lowest BCUT2D eigenvalue weighted by Gasteiger charge is -2.16. The molecule has 3 rings (SSSR count). The first-order valence-corrected chi connectivity index (χ1v) is 9.74. The van der Waals surface area contributed by atoms with Crippen molar-refractivity contribution in [2.75, 3.05) is 6.61 Å². The summed E-state index contributed by atoms with van der Waals surface area (Å²) in [6.07, 6.45) is 9.85.